The van der Waals surface area contributed by atoms with Crippen molar-refractivity contribution in [2.75, 3.05) is 0 Å². The van der Waals surface area contributed by atoms with Gasteiger partial charge in [0.25, 0.3) is 0 Å². The Balaban J connectivity index is 2.09. The molecular formula is C13H16ClFO. The first-order chi connectivity index (χ1) is 7.58. The maximum atomic E-state index is 12.9. The average Bonchev–Trinajstić information content (AvgIpc) is 2.54. The number of aliphatic hydroxyl groups is 1. The summed E-state index contributed by atoms with van der Waals surface area (Å²) in [7, 11) is 0. The van der Waals surface area contributed by atoms with Crippen LogP contribution in [0, 0.1) is 17.7 Å². The largest absolute Gasteiger partial charge is 0.393 e. The summed E-state index contributed by atoms with van der Waals surface area (Å²) in [5, 5.41) is 10.2. The maximum Gasteiger partial charge on any atom is 0.124 e. The molecule has 0 saturated heterocycles. The predicted octanol–water partition coefficient (Wildman–Crippen LogP) is 3.43. The van der Waals surface area contributed by atoms with E-state index >= 15 is 0 Å². The van der Waals surface area contributed by atoms with Gasteiger partial charge in [-0.15, -0.1) is 0 Å². The first-order valence-corrected chi connectivity index (χ1v) is 6.07. The van der Waals surface area contributed by atoms with Crippen LogP contribution in [0.25, 0.3) is 0 Å². The molecule has 1 aromatic rings. The first-order valence-electron chi connectivity index (χ1n) is 5.70. The number of halogens is 2. The Morgan fingerprint density at radius 1 is 1.44 bits per heavy atom. The Morgan fingerprint density at radius 2 is 2.19 bits per heavy atom. The van der Waals surface area contributed by atoms with Crippen LogP contribution in [0.15, 0.2) is 18.2 Å². The zero-order chi connectivity index (χ0) is 11.7. The molecule has 16 heavy (non-hydrogen) atoms. The van der Waals surface area contributed by atoms with E-state index in [9.17, 15) is 9.50 Å². The molecule has 1 aliphatic rings. The molecule has 0 heterocycles. The second-order valence-corrected chi connectivity index (χ2v) is 5.11. The zero-order valence-corrected chi connectivity index (χ0v) is 10.0. The Bertz CT molecular complexity index is 380. The summed E-state index contributed by atoms with van der Waals surface area (Å²) in [6, 6.07) is 4.54. The standard InChI is InChI=1S/C13H16ClFO/c1-8-9(3-5-13(8)16)6-10-2-4-11(15)7-12(10)14/h2,4,7-9,13,16H,3,5-6H2,1H3. The van der Waals surface area contributed by atoms with E-state index in [-0.39, 0.29) is 11.9 Å². The molecule has 1 aromatic carbocycles. The third kappa shape index (κ3) is 2.38. The van der Waals surface area contributed by atoms with Crippen molar-refractivity contribution in [3.8, 4) is 0 Å². The third-order valence-corrected chi connectivity index (χ3v) is 4.03. The van der Waals surface area contributed by atoms with Gasteiger partial charge in [0.05, 0.1) is 6.10 Å². The van der Waals surface area contributed by atoms with E-state index < -0.39 is 0 Å². The molecule has 0 radical (unpaired) electrons. The van der Waals surface area contributed by atoms with Gasteiger partial charge in [-0.1, -0.05) is 24.6 Å². The van der Waals surface area contributed by atoms with Crippen molar-refractivity contribution in [1.82, 2.24) is 0 Å². The van der Waals surface area contributed by atoms with E-state index in [1.54, 1.807) is 6.07 Å². The van der Waals surface area contributed by atoms with Gasteiger partial charge in [0.2, 0.25) is 0 Å². The van der Waals surface area contributed by atoms with Crippen LogP contribution in [0.1, 0.15) is 25.3 Å². The lowest BCUT2D eigenvalue weighted by atomic mass is 9.90. The van der Waals surface area contributed by atoms with Crippen LogP contribution in [0.2, 0.25) is 5.02 Å². The van der Waals surface area contributed by atoms with E-state index in [2.05, 4.69) is 6.92 Å². The van der Waals surface area contributed by atoms with Crippen molar-refractivity contribution in [2.24, 2.45) is 11.8 Å². The highest BCUT2D eigenvalue weighted by Crippen LogP contribution is 2.35. The summed E-state index contributed by atoms with van der Waals surface area (Å²) in [5.74, 6) is 0.465. The van der Waals surface area contributed by atoms with Crippen LogP contribution >= 0.6 is 11.6 Å². The molecule has 0 aliphatic heterocycles. The molecule has 0 spiro atoms. The quantitative estimate of drug-likeness (QED) is 0.843. The maximum absolute atomic E-state index is 12.9. The van der Waals surface area contributed by atoms with Crippen molar-refractivity contribution < 1.29 is 9.50 Å². The summed E-state index contributed by atoms with van der Waals surface area (Å²) in [6.07, 6.45) is 2.53. The summed E-state index contributed by atoms with van der Waals surface area (Å²) in [6.45, 7) is 2.07. The van der Waals surface area contributed by atoms with Crippen molar-refractivity contribution >= 4 is 11.6 Å². The molecule has 1 nitrogen and oxygen atoms in total. The van der Waals surface area contributed by atoms with E-state index in [0.717, 1.165) is 24.8 Å². The highest BCUT2D eigenvalue weighted by Gasteiger charge is 2.31. The molecule has 0 bridgehead atoms. The summed E-state index contributed by atoms with van der Waals surface area (Å²) in [4.78, 5) is 0. The van der Waals surface area contributed by atoms with Crippen molar-refractivity contribution in [1.29, 1.82) is 0 Å². The number of benzene rings is 1. The van der Waals surface area contributed by atoms with Crippen LogP contribution in [-0.2, 0) is 6.42 Å². The van der Waals surface area contributed by atoms with Crippen LogP contribution in [0.3, 0.4) is 0 Å². The zero-order valence-electron chi connectivity index (χ0n) is 9.29. The van der Waals surface area contributed by atoms with Gasteiger partial charge in [0.15, 0.2) is 0 Å². The molecule has 1 saturated carbocycles. The van der Waals surface area contributed by atoms with Crippen LogP contribution in [-0.4, -0.2) is 11.2 Å². The second-order valence-electron chi connectivity index (χ2n) is 4.70. The molecule has 88 valence electrons. The van der Waals surface area contributed by atoms with Gasteiger partial charge in [-0.2, -0.15) is 0 Å². The van der Waals surface area contributed by atoms with Gasteiger partial charge in [-0.05, 0) is 48.8 Å². The first kappa shape index (κ1) is 11.9. The predicted molar refractivity (Wildman–Crippen MR) is 63.0 cm³/mol. The van der Waals surface area contributed by atoms with Gasteiger partial charge in [0, 0.05) is 5.02 Å². The topological polar surface area (TPSA) is 20.2 Å². The monoisotopic (exact) mass is 242 g/mol. The fraction of sp³-hybridized carbons (Fsp3) is 0.538. The summed E-state index contributed by atoms with van der Waals surface area (Å²) >= 11 is 5.99. The van der Waals surface area contributed by atoms with Crippen LogP contribution in [0.5, 0.6) is 0 Å². The Hall–Kier alpha value is -0.600. The minimum Gasteiger partial charge on any atom is -0.393 e. The lowest BCUT2D eigenvalue weighted by Gasteiger charge is -2.17. The molecular weight excluding hydrogens is 227 g/mol. The minimum atomic E-state index is -0.298. The van der Waals surface area contributed by atoms with Gasteiger partial charge >= 0.3 is 0 Å². The molecule has 0 amide bonds. The SMILES string of the molecule is CC1C(O)CCC1Cc1ccc(F)cc1Cl. The molecule has 1 N–H and O–H groups in total. The molecule has 0 aromatic heterocycles. The van der Waals surface area contributed by atoms with Crippen molar-refractivity contribution in [3.63, 3.8) is 0 Å². The highest BCUT2D eigenvalue weighted by atomic mass is 35.5. The van der Waals surface area contributed by atoms with Gasteiger partial charge in [-0.3, -0.25) is 0 Å². The van der Waals surface area contributed by atoms with Gasteiger partial charge < -0.3 is 5.11 Å². The molecule has 3 heteroatoms. The summed E-state index contributed by atoms with van der Waals surface area (Å²) < 4.78 is 12.9. The fourth-order valence-electron chi connectivity index (χ4n) is 2.48. The lowest BCUT2D eigenvalue weighted by molar-refractivity contribution is 0.127. The highest BCUT2D eigenvalue weighted by molar-refractivity contribution is 6.31. The number of aliphatic hydroxyl groups excluding tert-OH is 1. The van der Waals surface area contributed by atoms with Gasteiger partial charge in [-0.25, -0.2) is 4.39 Å². The van der Waals surface area contributed by atoms with Gasteiger partial charge in [0.1, 0.15) is 5.82 Å². The summed E-state index contributed by atoms with van der Waals surface area (Å²) in [5.41, 5.74) is 0.981. The average molecular weight is 243 g/mol. The van der Waals surface area contributed by atoms with E-state index in [1.807, 2.05) is 0 Å². The normalized spacial score (nSPS) is 29.6. The van der Waals surface area contributed by atoms with Crippen LogP contribution < -0.4 is 0 Å². The van der Waals surface area contributed by atoms with Crippen molar-refractivity contribution in [2.45, 2.75) is 32.3 Å². The van der Waals surface area contributed by atoms with E-state index in [1.165, 1.54) is 12.1 Å². The minimum absolute atomic E-state index is 0.191. The second kappa shape index (κ2) is 4.72. The third-order valence-electron chi connectivity index (χ3n) is 3.68. The van der Waals surface area contributed by atoms with Crippen molar-refractivity contribution in [3.05, 3.63) is 34.6 Å². The van der Waals surface area contributed by atoms with E-state index in [0.29, 0.717) is 16.9 Å². The number of rotatable bonds is 2. The Kier molecular flexibility index (Phi) is 3.50. The molecule has 1 aliphatic carbocycles. The Labute approximate surface area is 100 Å². The number of hydrogen-bond donors (Lipinski definition) is 1. The molecule has 1 fully saturated rings. The Morgan fingerprint density at radius 3 is 2.75 bits per heavy atom. The molecule has 3 atom stereocenters. The van der Waals surface area contributed by atoms with E-state index in [4.69, 9.17) is 11.6 Å². The van der Waals surface area contributed by atoms with Crippen LogP contribution in [0.4, 0.5) is 4.39 Å². The number of hydrogen-bond acceptors (Lipinski definition) is 1. The fourth-order valence-corrected chi connectivity index (χ4v) is 2.73. The smallest absolute Gasteiger partial charge is 0.124 e. The molecule has 2 rings (SSSR count). The lowest BCUT2D eigenvalue weighted by Crippen LogP contribution is -2.17. The molecule has 3 unspecified atom stereocenters.